The van der Waals surface area contributed by atoms with E-state index in [0.29, 0.717) is 13.2 Å². The molecule has 1 aliphatic rings. The normalized spacial score (nSPS) is 16.7. The number of hydrogen-bond acceptors (Lipinski definition) is 4. The Kier molecular flexibility index (Phi) is 5.00. The van der Waals surface area contributed by atoms with E-state index in [1.807, 2.05) is 54.0 Å². The number of likely N-dealkylation sites (tertiary alicyclic amines) is 1. The van der Waals surface area contributed by atoms with Crippen molar-refractivity contribution in [1.82, 2.24) is 24.5 Å². The molecule has 0 saturated carbocycles. The van der Waals surface area contributed by atoms with Gasteiger partial charge in [0.1, 0.15) is 5.69 Å². The van der Waals surface area contributed by atoms with Crippen LogP contribution in [-0.4, -0.2) is 50.6 Å². The van der Waals surface area contributed by atoms with Crippen LogP contribution in [0.2, 0.25) is 0 Å². The van der Waals surface area contributed by atoms with Crippen LogP contribution in [-0.2, 0) is 18.4 Å². The highest BCUT2D eigenvalue weighted by molar-refractivity contribution is 5.97. The van der Waals surface area contributed by atoms with Crippen LogP contribution in [0.4, 0.5) is 0 Å². The van der Waals surface area contributed by atoms with Gasteiger partial charge in [0.05, 0.1) is 24.4 Å². The number of carbonyl (C=O) groups excluding carboxylic acids is 1. The minimum atomic E-state index is 0.0787. The number of carbonyl (C=O) groups is 1. The van der Waals surface area contributed by atoms with Crippen LogP contribution in [0.25, 0.3) is 11.3 Å². The lowest BCUT2D eigenvalue weighted by Gasteiger charge is -2.16. The molecule has 0 N–H and O–H groups in total. The van der Waals surface area contributed by atoms with Gasteiger partial charge in [-0.3, -0.25) is 4.79 Å². The Morgan fingerprint density at radius 1 is 1.29 bits per heavy atom. The molecule has 1 aliphatic heterocycles. The summed E-state index contributed by atoms with van der Waals surface area (Å²) in [5, 5.41) is 8.33. The van der Waals surface area contributed by atoms with Crippen LogP contribution in [0, 0.1) is 6.92 Å². The van der Waals surface area contributed by atoms with Gasteiger partial charge in [0.25, 0.3) is 5.91 Å². The Hall–Kier alpha value is -2.93. The number of ether oxygens (including phenoxy) is 1. The molecule has 7 nitrogen and oxygen atoms in total. The first-order valence-electron chi connectivity index (χ1n) is 9.49. The lowest BCUT2D eigenvalue weighted by molar-refractivity contribution is 0.0786. The van der Waals surface area contributed by atoms with E-state index in [9.17, 15) is 4.79 Å². The Balaban J connectivity index is 1.52. The molecule has 7 heteroatoms. The van der Waals surface area contributed by atoms with Gasteiger partial charge in [0, 0.05) is 38.6 Å². The molecular weight excluding hydrogens is 354 g/mol. The van der Waals surface area contributed by atoms with Crippen molar-refractivity contribution in [2.45, 2.75) is 26.0 Å². The van der Waals surface area contributed by atoms with Crippen molar-refractivity contribution in [2.75, 3.05) is 20.2 Å². The molecule has 4 rings (SSSR count). The summed E-state index contributed by atoms with van der Waals surface area (Å²) in [6, 6.07) is 12.3. The third-order valence-corrected chi connectivity index (χ3v) is 5.51. The van der Waals surface area contributed by atoms with Crippen molar-refractivity contribution in [2.24, 2.45) is 7.05 Å². The number of hydrogen-bond donors (Lipinski definition) is 0. The lowest BCUT2D eigenvalue weighted by Crippen LogP contribution is -2.29. The second kappa shape index (κ2) is 7.59. The molecule has 1 unspecified atom stereocenters. The predicted octanol–water partition coefficient (Wildman–Crippen LogP) is 2.83. The lowest BCUT2D eigenvalue weighted by atomic mass is 10.1. The molecule has 0 bridgehead atoms. The maximum atomic E-state index is 13.2. The summed E-state index contributed by atoms with van der Waals surface area (Å²) in [4.78, 5) is 15.1. The Bertz CT molecular complexity index is 976. The number of amides is 1. The summed E-state index contributed by atoms with van der Waals surface area (Å²) in [6.45, 7) is 3.81. The van der Waals surface area contributed by atoms with Gasteiger partial charge in [-0.2, -0.15) is 0 Å². The highest BCUT2D eigenvalue weighted by Crippen LogP contribution is 2.28. The molecule has 0 radical (unpaired) electrons. The van der Waals surface area contributed by atoms with Crippen LogP contribution >= 0.6 is 0 Å². The smallest absolute Gasteiger partial charge is 0.255 e. The molecule has 3 aromatic rings. The van der Waals surface area contributed by atoms with Crippen LogP contribution in [0.5, 0.6) is 0 Å². The average molecular weight is 379 g/mol. The summed E-state index contributed by atoms with van der Waals surface area (Å²) in [5.41, 5.74) is 4.72. The largest absolute Gasteiger partial charge is 0.378 e. The zero-order valence-corrected chi connectivity index (χ0v) is 16.5. The zero-order valence-electron chi connectivity index (χ0n) is 16.5. The van der Waals surface area contributed by atoms with Crippen molar-refractivity contribution in [3.8, 4) is 11.3 Å². The maximum absolute atomic E-state index is 13.2. The minimum Gasteiger partial charge on any atom is -0.378 e. The van der Waals surface area contributed by atoms with E-state index in [-0.39, 0.29) is 11.9 Å². The first kappa shape index (κ1) is 18.4. The molecule has 1 fully saturated rings. The van der Waals surface area contributed by atoms with E-state index in [1.54, 1.807) is 7.11 Å². The fraction of sp³-hybridized carbons (Fsp3) is 0.381. The first-order chi connectivity index (χ1) is 13.6. The summed E-state index contributed by atoms with van der Waals surface area (Å²) in [5.74, 6) is 0.0787. The molecule has 1 amide bonds. The SMILES string of the molecule is COCc1cn(C2CCN(C(=O)c3cc(-c4ccccc4)n(C)c3C)C2)nn1. The van der Waals surface area contributed by atoms with Crippen molar-refractivity contribution in [3.05, 3.63) is 59.5 Å². The molecule has 1 atom stereocenters. The molecule has 1 saturated heterocycles. The van der Waals surface area contributed by atoms with E-state index in [0.717, 1.165) is 41.2 Å². The monoisotopic (exact) mass is 379 g/mol. The van der Waals surface area contributed by atoms with Gasteiger partial charge in [-0.15, -0.1) is 5.10 Å². The zero-order chi connectivity index (χ0) is 19.7. The summed E-state index contributed by atoms with van der Waals surface area (Å²) < 4.78 is 9.05. The average Bonchev–Trinajstić information content (AvgIpc) is 3.43. The van der Waals surface area contributed by atoms with E-state index >= 15 is 0 Å². The van der Waals surface area contributed by atoms with Crippen LogP contribution in [0.15, 0.2) is 42.6 Å². The summed E-state index contributed by atoms with van der Waals surface area (Å²) in [7, 11) is 3.65. The molecule has 146 valence electrons. The minimum absolute atomic E-state index is 0.0787. The van der Waals surface area contributed by atoms with Crippen molar-refractivity contribution in [1.29, 1.82) is 0 Å². The Morgan fingerprint density at radius 2 is 2.07 bits per heavy atom. The number of methoxy groups -OCH3 is 1. The summed E-state index contributed by atoms with van der Waals surface area (Å²) in [6.07, 6.45) is 2.78. The molecule has 0 aliphatic carbocycles. The second-order valence-corrected chi connectivity index (χ2v) is 7.27. The third kappa shape index (κ3) is 3.33. The molecular formula is C21H25N5O2. The van der Waals surface area contributed by atoms with Gasteiger partial charge >= 0.3 is 0 Å². The van der Waals surface area contributed by atoms with E-state index in [4.69, 9.17) is 4.74 Å². The van der Waals surface area contributed by atoms with Crippen molar-refractivity contribution in [3.63, 3.8) is 0 Å². The van der Waals surface area contributed by atoms with Crippen molar-refractivity contribution >= 4 is 5.91 Å². The Morgan fingerprint density at radius 3 is 2.82 bits per heavy atom. The summed E-state index contributed by atoms with van der Waals surface area (Å²) >= 11 is 0. The van der Waals surface area contributed by atoms with E-state index in [2.05, 4.69) is 27.0 Å². The molecule has 28 heavy (non-hydrogen) atoms. The fourth-order valence-corrected chi connectivity index (χ4v) is 3.82. The fourth-order valence-electron chi connectivity index (χ4n) is 3.82. The topological polar surface area (TPSA) is 65.2 Å². The molecule has 2 aromatic heterocycles. The highest BCUT2D eigenvalue weighted by atomic mass is 16.5. The van der Waals surface area contributed by atoms with Crippen molar-refractivity contribution < 1.29 is 9.53 Å². The van der Waals surface area contributed by atoms with E-state index in [1.165, 1.54) is 0 Å². The number of benzene rings is 1. The maximum Gasteiger partial charge on any atom is 0.255 e. The number of rotatable bonds is 5. The predicted molar refractivity (Wildman–Crippen MR) is 106 cm³/mol. The van der Waals surface area contributed by atoms with E-state index < -0.39 is 0 Å². The van der Waals surface area contributed by atoms with Gasteiger partial charge in [-0.05, 0) is 25.0 Å². The number of aromatic nitrogens is 4. The number of nitrogens with zero attached hydrogens (tertiary/aromatic N) is 5. The molecule has 0 spiro atoms. The van der Waals surface area contributed by atoms with Gasteiger partial charge < -0.3 is 14.2 Å². The van der Waals surface area contributed by atoms with Crippen LogP contribution in [0.3, 0.4) is 0 Å². The van der Waals surface area contributed by atoms with Crippen LogP contribution in [0.1, 0.15) is 34.2 Å². The Labute approximate surface area is 164 Å². The van der Waals surface area contributed by atoms with Gasteiger partial charge in [-0.25, -0.2) is 4.68 Å². The molecule has 3 heterocycles. The highest BCUT2D eigenvalue weighted by Gasteiger charge is 2.30. The molecule has 1 aromatic carbocycles. The van der Waals surface area contributed by atoms with Crippen LogP contribution < -0.4 is 0 Å². The van der Waals surface area contributed by atoms with Gasteiger partial charge in [0.15, 0.2) is 0 Å². The third-order valence-electron chi connectivity index (χ3n) is 5.51. The second-order valence-electron chi connectivity index (χ2n) is 7.27. The standard InChI is InChI=1S/C21H25N5O2/c1-15-19(11-20(24(15)2)16-7-5-4-6-8-16)21(27)25-10-9-18(13-25)26-12-17(14-28-3)22-23-26/h4-8,11-12,18H,9-10,13-14H2,1-3H3. The van der Waals surface area contributed by atoms with Gasteiger partial charge in [-0.1, -0.05) is 35.5 Å². The van der Waals surface area contributed by atoms with Gasteiger partial charge in [0.2, 0.25) is 0 Å². The quantitative estimate of drug-likeness (QED) is 0.684. The first-order valence-corrected chi connectivity index (χ1v) is 9.49.